The molecule has 1 N–H and O–H groups in total. The first-order chi connectivity index (χ1) is 15.1. The van der Waals surface area contributed by atoms with Crippen LogP contribution in [0.3, 0.4) is 0 Å². The zero-order valence-electron chi connectivity index (χ0n) is 20.3. The highest BCUT2D eigenvalue weighted by Gasteiger charge is 2.46. The number of hydrogen-bond acceptors (Lipinski definition) is 5. The van der Waals surface area contributed by atoms with Gasteiger partial charge in [0.05, 0.1) is 18.8 Å². The molecule has 2 aliphatic heterocycles. The molecule has 0 unspecified atom stereocenters. The van der Waals surface area contributed by atoms with Crippen LogP contribution < -0.4 is 0 Å². The Morgan fingerprint density at radius 1 is 1.22 bits per heavy atom. The molecule has 3 aliphatic rings. The first kappa shape index (κ1) is 24.7. The number of carbonyl (C=O) groups excluding carboxylic acids is 1. The number of hydrogen-bond donors (Lipinski definition) is 1. The quantitative estimate of drug-likeness (QED) is 0.445. The summed E-state index contributed by atoms with van der Waals surface area (Å²) in [6.07, 6.45) is 13.3. The van der Waals surface area contributed by atoms with Crippen LogP contribution >= 0.6 is 0 Å². The Morgan fingerprint density at radius 3 is 2.62 bits per heavy atom. The van der Waals surface area contributed by atoms with Gasteiger partial charge in [-0.2, -0.15) is 0 Å². The van der Waals surface area contributed by atoms with Crippen molar-refractivity contribution in [1.29, 1.82) is 0 Å². The van der Waals surface area contributed by atoms with Gasteiger partial charge in [-0.1, -0.05) is 34.9 Å². The molecule has 0 amide bonds. The van der Waals surface area contributed by atoms with Crippen LogP contribution in [-0.2, 0) is 19.0 Å². The maximum absolute atomic E-state index is 11.5. The van der Waals surface area contributed by atoms with Crippen LogP contribution in [0.25, 0.3) is 0 Å². The van der Waals surface area contributed by atoms with Gasteiger partial charge in [0.1, 0.15) is 6.10 Å². The second-order valence-electron chi connectivity index (χ2n) is 9.72. The lowest BCUT2D eigenvalue weighted by molar-refractivity contribution is -0.227. The van der Waals surface area contributed by atoms with Crippen LogP contribution in [0.1, 0.15) is 67.2 Å². The monoisotopic (exact) mass is 442 g/mol. The van der Waals surface area contributed by atoms with E-state index in [1.165, 1.54) is 23.6 Å². The Labute approximate surface area is 192 Å². The van der Waals surface area contributed by atoms with Gasteiger partial charge >= 0.3 is 5.97 Å². The van der Waals surface area contributed by atoms with Crippen LogP contribution in [-0.4, -0.2) is 41.8 Å². The summed E-state index contributed by atoms with van der Waals surface area (Å²) in [6.45, 7) is 11.8. The number of carbonyl (C=O) groups is 1. The summed E-state index contributed by atoms with van der Waals surface area (Å²) in [7, 11) is 0. The van der Waals surface area contributed by atoms with Gasteiger partial charge in [0, 0.05) is 12.8 Å². The minimum absolute atomic E-state index is 0.0438. The number of fused-ring (bicyclic) bond motifs is 1. The van der Waals surface area contributed by atoms with E-state index in [2.05, 4.69) is 39.8 Å². The number of allylic oxidation sites excluding steroid dienone is 3. The molecule has 0 saturated carbocycles. The third-order valence-corrected chi connectivity index (χ3v) is 6.34. The fourth-order valence-electron chi connectivity index (χ4n) is 4.88. The molecule has 5 nitrogen and oxygen atoms in total. The topological polar surface area (TPSA) is 65.0 Å². The number of rotatable bonds is 6. The third-order valence-electron chi connectivity index (χ3n) is 6.34. The fourth-order valence-corrected chi connectivity index (χ4v) is 4.88. The molecule has 32 heavy (non-hydrogen) atoms. The predicted molar refractivity (Wildman–Crippen MR) is 126 cm³/mol. The second kappa shape index (κ2) is 10.3. The average Bonchev–Trinajstić information content (AvgIpc) is 2.67. The van der Waals surface area contributed by atoms with E-state index in [0.717, 1.165) is 30.4 Å². The lowest BCUT2D eigenvalue weighted by atomic mass is 9.78. The highest BCUT2D eigenvalue weighted by molar-refractivity contribution is 5.66. The molecule has 5 heteroatoms. The van der Waals surface area contributed by atoms with Crippen molar-refractivity contribution < 1.29 is 24.1 Å². The van der Waals surface area contributed by atoms with Crippen molar-refractivity contribution in [2.45, 2.75) is 91.3 Å². The largest absolute Gasteiger partial charge is 0.458 e. The highest BCUT2D eigenvalue weighted by atomic mass is 16.7. The number of esters is 1. The molecule has 0 aromatic rings. The van der Waals surface area contributed by atoms with Crippen LogP contribution in [0, 0.1) is 5.92 Å². The molecule has 1 aliphatic carbocycles. The van der Waals surface area contributed by atoms with Gasteiger partial charge in [0.25, 0.3) is 0 Å². The van der Waals surface area contributed by atoms with Gasteiger partial charge in [-0.15, -0.1) is 0 Å². The summed E-state index contributed by atoms with van der Waals surface area (Å²) in [4.78, 5) is 11.5. The molecular formula is C27H38O5. The second-order valence-corrected chi connectivity index (χ2v) is 9.72. The van der Waals surface area contributed by atoms with E-state index in [-0.39, 0.29) is 36.8 Å². The van der Waals surface area contributed by atoms with Crippen molar-refractivity contribution in [3.63, 3.8) is 0 Å². The van der Waals surface area contributed by atoms with Crippen LogP contribution in [0.4, 0.5) is 0 Å². The Kier molecular flexibility index (Phi) is 7.97. The molecule has 0 radical (unpaired) electrons. The minimum Gasteiger partial charge on any atom is -0.458 e. The Balaban J connectivity index is 1.82. The van der Waals surface area contributed by atoms with Crippen LogP contribution in [0.2, 0.25) is 0 Å². The predicted octanol–water partition coefficient (Wildman–Crippen LogP) is 5.33. The lowest BCUT2D eigenvalue weighted by Crippen LogP contribution is -2.49. The molecule has 2 heterocycles. The highest BCUT2D eigenvalue weighted by Crippen LogP contribution is 2.43. The van der Waals surface area contributed by atoms with Crippen LogP contribution in [0.15, 0.2) is 58.2 Å². The number of ether oxygens (including phenoxy) is 3. The van der Waals surface area contributed by atoms with E-state index in [9.17, 15) is 9.90 Å². The van der Waals surface area contributed by atoms with E-state index in [1.54, 1.807) is 0 Å². The van der Waals surface area contributed by atoms with Gasteiger partial charge in [0.15, 0.2) is 0 Å². The molecule has 0 aromatic carbocycles. The Hall–Kier alpha value is -1.95. The molecule has 3 rings (SSSR count). The van der Waals surface area contributed by atoms with Crippen molar-refractivity contribution in [3.8, 4) is 0 Å². The molecule has 0 fully saturated rings. The summed E-state index contributed by atoms with van der Waals surface area (Å²) in [6, 6.07) is 0. The fraction of sp³-hybridized carbons (Fsp3) is 0.593. The Morgan fingerprint density at radius 2 is 1.97 bits per heavy atom. The molecule has 0 bridgehead atoms. The SMILES string of the molecule is CC(=O)O[C@H]1C[C@@H]2C(CO)=C[C@]3(C=C(C)C[C@@H](/C=C(\C)CCC=C(C)C)O3)O[C@@H]2C=C1C. The van der Waals surface area contributed by atoms with E-state index in [0.29, 0.717) is 6.42 Å². The summed E-state index contributed by atoms with van der Waals surface area (Å²) < 4.78 is 18.5. The number of aliphatic hydroxyl groups excluding tert-OH is 1. The van der Waals surface area contributed by atoms with Crippen molar-refractivity contribution in [3.05, 3.63) is 58.2 Å². The van der Waals surface area contributed by atoms with Crippen LogP contribution in [0.5, 0.6) is 0 Å². The standard InChI is InChI=1S/C27H38O5/c1-17(2)8-7-9-18(3)10-23-11-19(4)14-27(31-23)15-22(16-28)24-13-25(30-21(6)29)20(5)12-26(24)32-27/h8,10,12,14-15,23-26,28H,7,9,11,13,16H2,1-6H3/b18-10+/t23-,24-,25+,26-,27+/m1/s1. The summed E-state index contributed by atoms with van der Waals surface area (Å²) in [5.41, 5.74) is 5.68. The maximum atomic E-state index is 11.5. The van der Waals surface area contributed by atoms with Crippen molar-refractivity contribution in [1.82, 2.24) is 0 Å². The number of aliphatic hydroxyl groups is 1. The van der Waals surface area contributed by atoms with Crippen molar-refractivity contribution in [2.75, 3.05) is 6.61 Å². The molecule has 176 valence electrons. The first-order valence-electron chi connectivity index (χ1n) is 11.6. The minimum atomic E-state index is -0.992. The molecule has 0 saturated heterocycles. The molecule has 5 atom stereocenters. The van der Waals surface area contributed by atoms with Crippen molar-refractivity contribution in [2.24, 2.45) is 5.92 Å². The van der Waals surface area contributed by atoms with E-state index in [4.69, 9.17) is 14.2 Å². The van der Waals surface area contributed by atoms with Crippen molar-refractivity contribution >= 4 is 5.97 Å². The zero-order chi connectivity index (χ0) is 23.5. The normalized spacial score (nSPS) is 32.5. The van der Waals surface area contributed by atoms with E-state index < -0.39 is 5.79 Å². The van der Waals surface area contributed by atoms with E-state index >= 15 is 0 Å². The molecule has 1 spiro atoms. The summed E-state index contributed by atoms with van der Waals surface area (Å²) in [5, 5.41) is 10.2. The Bertz CT molecular complexity index is 870. The van der Waals surface area contributed by atoms with Gasteiger partial charge in [-0.25, -0.2) is 0 Å². The third kappa shape index (κ3) is 6.09. The smallest absolute Gasteiger partial charge is 0.303 e. The van der Waals surface area contributed by atoms with Gasteiger partial charge in [0.2, 0.25) is 5.79 Å². The van der Waals surface area contributed by atoms with Gasteiger partial charge in [-0.05, 0) is 83.6 Å². The summed E-state index contributed by atoms with van der Waals surface area (Å²) in [5.74, 6) is -1.33. The summed E-state index contributed by atoms with van der Waals surface area (Å²) >= 11 is 0. The first-order valence-corrected chi connectivity index (χ1v) is 11.6. The molecular weight excluding hydrogens is 404 g/mol. The molecule has 0 aromatic heterocycles. The van der Waals surface area contributed by atoms with E-state index in [1.807, 2.05) is 25.2 Å². The lowest BCUT2D eigenvalue weighted by Gasteiger charge is -2.46. The van der Waals surface area contributed by atoms with Gasteiger partial charge in [-0.3, -0.25) is 4.79 Å². The zero-order valence-corrected chi connectivity index (χ0v) is 20.3. The maximum Gasteiger partial charge on any atom is 0.303 e. The average molecular weight is 443 g/mol. The van der Waals surface area contributed by atoms with Gasteiger partial charge < -0.3 is 19.3 Å².